The van der Waals surface area contributed by atoms with Crippen molar-refractivity contribution in [3.05, 3.63) is 0 Å². The molecule has 10 heavy (non-hydrogen) atoms. The Morgan fingerprint density at radius 1 is 1.10 bits per heavy atom. The van der Waals surface area contributed by atoms with Gasteiger partial charge in [0.05, 0.1) is 12.2 Å². The van der Waals surface area contributed by atoms with Gasteiger partial charge in [-0.2, -0.15) is 0 Å². The van der Waals surface area contributed by atoms with E-state index in [1.54, 1.807) is 0 Å². The normalized spacial score (nSPS) is 47.1. The summed E-state index contributed by atoms with van der Waals surface area (Å²) < 4.78 is 5.79. The zero-order chi connectivity index (χ0) is 6.97. The summed E-state index contributed by atoms with van der Waals surface area (Å²) in [6, 6.07) is 0. The molecule has 2 fully saturated rings. The molecule has 58 valence electrons. The minimum absolute atomic E-state index is 0.535. The van der Waals surface area contributed by atoms with E-state index in [1.807, 2.05) is 0 Å². The van der Waals surface area contributed by atoms with Crippen LogP contribution in [0.25, 0.3) is 0 Å². The molecule has 2 saturated heterocycles. The molecule has 0 aliphatic carbocycles. The van der Waals surface area contributed by atoms with Gasteiger partial charge in [0.25, 0.3) is 0 Å². The Labute approximate surface area is 70.3 Å². The van der Waals surface area contributed by atoms with Crippen molar-refractivity contribution in [3.8, 4) is 0 Å². The summed E-state index contributed by atoms with van der Waals surface area (Å²) in [6.07, 6.45) is 7.66. The third-order valence-corrected chi connectivity index (χ3v) is 3.60. The topological polar surface area (TPSA) is 9.23 Å². The maximum atomic E-state index is 5.79. The molecule has 3 unspecified atom stereocenters. The smallest absolute Gasteiger partial charge is 0.0704 e. The number of hydrogen-bond donors (Lipinski definition) is 0. The van der Waals surface area contributed by atoms with Crippen LogP contribution < -0.4 is 0 Å². The van der Waals surface area contributed by atoms with Crippen LogP contribution in [-0.4, -0.2) is 17.0 Å². The Hall–Kier alpha value is 0.440. The van der Waals surface area contributed by atoms with E-state index in [-0.39, 0.29) is 0 Å². The molecule has 2 rings (SSSR count). The van der Waals surface area contributed by atoms with Gasteiger partial charge in [0.2, 0.25) is 0 Å². The summed E-state index contributed by atoms with van der Waals surface area (Å²) in [7, 11) is 0. The summed E-state index contributed by atoms with van der Waals surface area (Å²) in [5.41, 5.74) is 0. The van der Waals surface area contributed by atoms with Crippen LogP contribution in [0.4, 0.5) is 0 Å². The summed E-state index contributed by atoms with van der Waals surface area (Å²) in [5, 5.41) is 0. The molecule has 0 N–H and O–H groups in total. The molecule has 2 heteroatoms. The van der Waals surface area contributed by atoms with E-state index in [0.717, 1.165) is 0 Å². The first-order valence-electron chi connectivity index (χ1n) is 4.16. The highest BCUT2D eigenvalue weighted by Crippen LogP contribution is 2.34. The van der Waals surface area contributed by atoms with Gasteiger partial charge < -0.3 is 4.74 Å². The third-order valence-electron chi connectivity index (χ3n) is 2.55. The Balaban J connectivity index is 2.03. The van der Waals surface area contributed by atoms with Gasteiger partial charge in [0.1, 0.15) is 0 Å². The van der Waals surface area contributed by atoms with Crippen LogP contribution in [0.15, 0.2) is 0 Å². The lowest BCUT2D eigenvalue weighted by Gasteiger charge is -2.13. The van der Waals surface area contributed by atoms with Gasteiger partial charge >= 0.3 is 0 Å². The molecule has 0 radical (unpaired) electrons. The number of rotatable bonds is 0. The van der Waals surface area contributed by atoms with Crippen LogP contribution in [0.3, 0.4) is 0 Å². The molecule has 2 aliphatic heterocycles. The Bertz CT molecular complexity index is 126. The second-order valence-electron chi connectivity index (χ2n) is 3.32. The average Bonchev–Trinajstić information content (AvgIpc) is 2.27. The summed E-state index contributed by atoms with van der Waals surface area (Å²) in [5.74, 6) is 0. The first kappa shape index (κ1) is 7.11. The molecule has 2 bridgehead atoms. The molecule has 0 aromatic carbocycles. The molecule has 0 spiro atoms. The van der Waals surface area contributed by atoms with E-state index in [4.69, 9.17) is 4.74 Å². The highest BCUT2D eigenvalue weighted by molar-refractivity contribution is 9.09. The van der Waals surface area contributed by atoms with E-state index >= 15 is 0 Å². The van der Waals surface area contributed by atoms with Crippen molar-refractivity contribution >= 4 is 15.9 Å². The summed E-state index contributed by atoms with van der Waals surface area (Å²) in [4.78, 5) is 0.639. The standard InChI is InChI=1S/C8H13BrO/c9-7-3-1-2-6-4-5-8(7)10-6/h6-8H,1-5H2. The van der Waals surface area contributed by atoms with Gasteiger partial charge in [-0.15, -0.1) is 0 Å². The fourth-order valence-corrected chi connectivity index (χ4v) is 2.65. The van der Waals surface area contributed by atoms with Crippen LogP contribution in [0.5, 0.6) is 0 Å². The van der Waals surface area contributed by atoms with Crippen molar-refractivity contribution < 1.29 is 4.74 Å². The van der Waals surface area contributed by atoms with E-state index in [2.05, 4.69) is 15.9 Å². The van der Waals surface area contributed by atoms with Crippen molar-refractivity contribution in [1.29, 1.82) is 0 Å². The maximum absolute atomic E-state index is 5.79. The van der Waals surface area contributed by atoms with Crippen LogP contribution in [0, 0.1) is 0 Å². The van der Waals surface area contributed by atoms with Crippen LogP contribution in [0.2, 0.25) is 0 Å². The summed E-state index contributed by atoms with van der Waals surface area (Å²) in [6.45, 7) is 0. The number of hydrogen-bond acceptors (Lipinski definition) is 1. The highest BCUT2D eigenvalue weighted by atomic mass is 79.9. The van der Waals surface area contributed by atoms with Gasteiger partial charge in [0.15, 0.2) is 0 Å². The average molecular weight is 205 g/mol. The number of ether oxygens (including phenoxy) is 1. The Morgan fingerprint density at radius 2 is 2.00 bits per heavy atom. The molecule has 1 nitrogen and oxygen atoms in total. The second kappa shape index (κ2) is 2.82. The first-order chi connectivity index (χ1) is 4.86. The number of alkyl halides is 1. The predicted molar refractivity (Wildman–Crippen MR) is 44.5 cm³/mol. The van der Waals surface area contributed by atoms with Gasteiger partial charge in [0, 0.05) is 4.83 Å². The zero-order valence-corrected chi connectivity index (χ0v) is 7.64. The second-order valence-corrected chi connectivity index (χ2v) is 4.50. The predicted octanol–water partition coefficient (Wildman–Crippen LogP) is 2.48. The van der Waals surface area contributed by atoms with E-state index in [1.165, 1.54) is 32.1 Å². The fourth-order valence-electron chi connectivity index (χ4n) is 1.94. The molecule has 2 heterocycles. The van der Waals surface area contributed by atoms with Gasteiger partial charge in [-0.05, 0) is 32.1 Å². The zero-order valence-electron chi connectivity index (χ0n) is 6.05. The fraction of sp³-hybridized carbons (Fsp3) is 1.00. The van der Waals surface area contributed by atoms with E-state index < -0.39 is 0 Å². The van der Waals surface area contributed by atoms with Gasteiger partial charge in [-0.1, -0.05) is 15.9 Å². The first-order valence-corrected chi connectivity index (χ1v) is 5.07. The van der Waals surface area contributed by atoms with Crippen LogP contribution >= 0.6 is 15.9 Å². The minimum atomic E-state index is 0.535. The van der Waals surface area contributed by atoms with Gasteiger partial charge in [-0.3, -0.25) is 0 Å². The largest absolute Gasteiger partial charge is 0.374 e. The highest BCUT2D eigenvalue weighted by Gasteiger charge is 2.32. The molecule has 2 aliphatic rings. The van der Waals surface area contributed by atoms with Crippen molar-refractivity contribution in [3.63, 3.8) is 0 Å². The van der Waals surface area contributed by atoms with Crippen LogP contribution in [0.1, 0.15) is 32.1 Å². The van der Waals surface area contributed by atoms with E-state index in [0.29, 0.717) is 17.0 Å². The molecule has 0 saturated carbocycles. The molecule has 0 aromatic rings. The van der Waals surface area contributed by atoms with Gasteiger partial charge in [-0.25, -0.2) is 0 Å². The SMILES string of the molecule is BrC1CCCC2CCC1O2. The minimum Gasteiger partial charge on any atom is -0.374 e. The quantitative estimate of drug-likeness (QED) is 0.552. The molecular formula is C8H13BrO. The third kappa shape index (κ3) is 1.24. The van der Waals surface area contributed by atoms with Crippen molar-refractivity contribution in [2.75, 3.05) is 0 Å². The Kier molecular flexibility index (Phi) is 2.01. The number of halogens is 1. The lowest BCUT2D eigenvalue weighted by Crippen LogP contribution is -2.17. The lowest BCUT2D eigenvalue weighted by atomic mass is 10.0. The molecule has 0 aromatic heterocycles. The lowest BCUT2D eigenvalue weighted by molar-refractivity contribution is 0.0535. The molecular weight excluding hydrogens is 192 g/mol. The van der Waals surface area contributed by atoms with Crippen molar-refractivity contribution in [2.24, 2.45) is 0 Å². The maximum Gasteiger partial charge on any atom is 0.0704 e. The van der Waals surface area contributed by atoms with Crippen molar-refractivity contribution in [2.45, 2.75) is 49.1 Å². The monoisotopic (exact) mass is 204 g/mol. The molecule has 3 atom stereocenters. The summed E-state index contributed by atoms with van der Waals surface area (Å²) >= 11 is 3.67. The van der Waals surface area contributed by atoms with Crippen LogP contribution in [-0.2, 0) is 4.74 Å². The van der Waals surface area contributed by atoms with Crippen molar-refractivity contribution in [1.82, 2.24) is 0 Å². The van der Waals surface area contributed by atoms with E-state index in [9.17, 15) is 0 Å². The molecule has 0 amide bonds. The Morgan fingerprint density at radius 3 is 2.90 bits per heavy atom. The number of fused-ring (bicyclic) bond motifs is 2.